The molecule has 0 saturated carbocycles. The summed E-state index contributed by atoms with van der Waals surface area (Å²) in [6.07, 6.45) is 0. The van der Waals surface area contributed by atoms with Crippen molar-refractivity contribution in [3.63, 3.8) is 0 Å². The number of benzene rings is 2. The van der Waals surface area contributed by atoms with Gasteiger partial charge in [0.2, 0.25) is 0 Å². The number of nitrogens with one attached hydrogen (secondary N) is 1. The van der Waals surface area contributed by atoms with Crippen LogP contribution in [-0.4, -0.2) is 7.05 Å². The van der Waals surface area contributed by atoms with E-state index >= 15 is 0 Å². The third-order valence-corrected chi connectivity index (χ3v) is 3.63. The van der Waals surface area contributed by atoms with E-state index in [2.05, 4.69) is 69.4 Å². The van der Waals surface area contributed by atoms with E-state index in [0.717, 1.165) is 0 Å². The molecule has 1 heteroatoms. The van der Waals surface area contributed by atoms with Crippen molar-refractivity contribution in [3.8, 4) is 11.1 Å². The normalized spacial score (nSPS) is 10.8. The number of hydrogen-bond donors (Lipinski definition) is 1. The molecule has 0 bridgehead atoms. The molecular weight excluding hydrogens is 230 g/mol. The molecule has 0 aromatic heterocycles. The van der Waals surface area contributed by atoms with Crippen LogP contribution < -0.4 is 5.32 Å². The van der Waals surface area contributed by atoms with Crippen LogP contribution in [0.4, 0.5) is 5.69 Å². The quantitative estimate of drug-likeness (QED) is 0.799. The van der Waals surface area contributed by atoms with Gasteiger partial charge < -0.3 is 5.32 Å². The zero-order chi connectivity index (χ0) is 14.0. The number of aryl methyl sites for hydroxylation is 2. The SMILES string of the molecule is CNc1ccc(-c2ccc(C)cc2C)c(C(C)C)c1. The molecule has 0 spiro atoms. The summed E-state index contributed by atoms with van der Waals surface area (Å²) >= 11 is 0. The van der Waals surface area contributed by atoms with Crippen molar-refractivity contribution in [2.24, 2.45) is 0 Å². The highest BCUT2D eigenvalue weighted by Gasteiger charge is 2.11. The van der Waals surface area contributed by atoms with Crippen molar-refractivity contribution in [2.45, 2.75) is 33.6 Å². The number of rotatable bonds is 3. The molecule has 0 heterocycles. The molecule has 0 aliphatic heterocycles. The zero-order valence-electron chi connectivity index (χ0n) is 12.5. The lowest BCUT2D eigenvalue weighted by molar-refractivity contribution is 0.869. The van der Waals surface area contributed by atoms with E-state index in [1.54, 1.807) is 0 Å². The van der Waals surface area contributed by atoms with Crippen molar-refractivity contribution in [3.05, 3.63) is 53.1 Å². The van der Waals surface area contributed by atoms with Crippen molar-refractivity contribution in [1.82, 2.24) is 0 Å². The summed E-state index contributed by atoms with van der Waals surface area (Å²) in [6.45, 7) is 8.84. The average molecular weight is 253 g/mol. The fourth-order valence-electron chi connectivity index (χ4n) is 2.56. The molecule has 2 rings (SSSR count). The van der Waals surface area contributed by atoms with Crippen LogP contribution in [0.5, 0.6) is 0 Å². The van der Waals surface area contributed by atoms with Crippen LogP contribution in [0.25, 0.3) is 11.1 Å². The molecule has 0 fully saturated rings. The van der Waals surface area contributed by atoms with Crippen LogP contribution in [0.15, 0.2) is 36.4 Å². The van der Waals surface area contributed by atoms with Crippen LogP contribution in [-0.2, 0) is 0 Å². The van der Waals surface area contributed by atoms with Gasteiger partial charge in [0.15, 0.2) is 0 Å². The Morgan fingerprint density at radius 2 is 1.58 bits per heavy atom. The van der Waals surface area contributed by atoms with Gasteiger partial charge in [-0.1, -0.05) is 43.7 Å². The monoisotopic (exact) mass is 253 g/mol. The lowest BCUT2D eigenvalue weighted by atomic mass is 9.89. The number of anilines is 1. The van der Waals surface area contributed by atoms with Gasteiger partial charge in [0.05, 0.1) is 0 Å². The lowest BCUT2D eigenvalue weighted by Gasteiger charge is -2.17. The maximum Gasteiger partial charge on any atom is 0.0340 e. The summed E-state index contributed by atoms with van der Waals surface area (Å²) in [5, 5.41) is 3.22. The molecule has 100 valence electrons. The molecule has 19 heavy (non-hydrogen) atoms. The molecule has 1 N–H and O–H groups in total. The van der Waals surface area contributed by atoms with Gasteiger partial charge >= 0.3 is 0 Å². The van der Waals surface area contributed by atoms with Gasteiger partial charge in [-0.15, -0.1) is 0 Å². The first-order valence-electron chi connectivity index (χ1n) is 6.92. The molecule has 2 aromatic carbocycles. The van der Waals surface area contributed by atoms with Crippen LogP contribution in [0.3, 0.4) is 0 Å². The predicted octanol–water partition coefficient (Wildman–Crippen LogP) is 5.14. The van der Waals surface area contributed by atoms with Gasteiger partial charge in [0.1, 0.15) is 0 Å². The highest BCUT2D eigenvalue weighted by Crippen LogP contribution is 2.33. The molecular formula is C18H23N. The first-order chi connectivity index (χ1) is 9.02. The maximum atomic E-state index is 3.22. The van der Waals surface area contributed by atoms with E-state index in [9.17, 15) is 0 Å². The first-order valence-corrected chi connectivity index (χ1v) is 6.92. The fraction of sp³-hybridized carbons (Fsp3) is 0.333. The fourth-order valence-corrected chi connectivity index (χ4v) is 2.56. The standard InChI is InChI=1S/C18H23N/c1-12(2)18-11-15(19-5)7-9-17(18)16-8-6-13(3)10-14(16)4/h6-12,19H,1-5H3. The highest BCUT2D eigenvalue weighted by molar-refractivity contribution is 5.73. The van der Waals surface area contributed by atoms with E-state index in [1.165, 1.54) is 33.5 Å². The second-order valence-electron chi connectivity index (χ2n) is 5.53. The van der Waals surface area contributed by atoms with E-state index in [0.29, 0.717) is 5.92 Å². The van der Waals surface area contributed by atoms with E-state index in [4.69, 9.17) is 0 Å². The molecule has 0 unspecified atom stereocenters. The van der Waals surface area contributed by atoms with Crippen LogP contribution >= 0.6 is 0 Å². The van der Waals surface area contributed by atoms with E-state index in [1.807, 2.05) is 7.05 Å². The van der Waals surface area contributed by atoms with Crippen molar-refractivity contribution in [2.75, 3.05) is 12.4 Å². The minimum Gasteiger partial charge on any atom is -0.388 e. The summed E-state index contributed by atoms with van der Waals surface area (Å²) in [7, 11) is 1.97. The third kappa shape index (κ3) is 2.81. The van der Waals surface area contributed by atoms with Gasteiger partial charge in [-0.3, -0.25) is 0 Å². The lowest BCUT2D eigenvalue weighted by Crippen LogP contribution is -1.97. The maximum absolute atomic E-state index is 3.22. The van der Waals surface area contributed by atoms with Crippen LogP contribution in [0, 0.1) is 13.8 Å². The summed E-state index contributed by atoms with van der Waals surface area (Å²) < 4.78 is 0. The van der Waals surface area contributed by atoms with Crippen molar-refractivity contribution >= 4 is 5.69 Å². The molecule has 0 radical (unpaired) electrons. The van der Waals surface area contributed by atoms with Gasteiger partial charge in [-0.25, -0.2) is 0 Å². The minimum absolute atomic E-state index is 0.518. The van der Waals surface area contributed by atoms with Crippen LogP contribution in [0.2, 0.25) is 0 Å². The molecule has 0 amide bonds. The summed E-state index contributed by atoms with van der Waals surface area (Å²) in [5.74, 6) is 0.518. The molecule has 0 atom stereocenters. The summed E-state index contributed by atoms with van der Waals surface area (Å²) in [6, 6.07) is 13.3. The Hall–Kier alpha value is -1.76. The first kappa shape index (κ1) is 13.7. The smallest absolute Gasteiger partial charge is 0.0340 e. The minimum atomic E-state index is 0.518. The van der Waals surface area contributed by atoms with Crippen molar-refractivity contribution < 1.29 is 0 Å². The number of hydrogen-bond acceptors (Lipinski definition) is 1. The molecule has 0 aliphatic rings. The van der Waals surface area contributed by atoms with E-state index < -0.39 is 0 Å². The molecule has 0 saturated heterocycles. The Bertz CT molecular complexity index is 582. The Morgan fingerprint density at radius 1 is 0.895 bits per heavy atom. The second-order valence-corrected chi connectivity index (χ2v) is 5.53. The molecule has 2 aromatic rings. The van der Waals surface area contributed by atoms with Crippen molar-refractivity contribution in [1.29, 1.82) is 0 Å². The zero-order valence-corrected chi connectivity index (χ0v) is 12.5. The second kappa shape index (κ2) is 5.48. The Kier molecular flexibility index (Phi) is 3.94. The predicted molar refractivity (Wildman–Crippen MR) is 85.0 cm³/mol. The largest absolute Gasteiger partial charge is 0.388 e. The highest BCUT2D eigenvalue weighted by atomic mass is 14.8. The van der Waals surface area contributed by atoms with Gasteiger partial charge in [0.25, 0.3) is 0 Å². The van der Waals surface area contributed by atoms with Gasteiger partial charge in [0, 0.05) is 12.7 Å². The van der Waals surface area contributed by atoms with Gasteiger partial charge in [-0.05, 0) is 54.2 Å². The Balaban J connectivity index is 2.61. The average Bonchev–Trinajstić information content (AvgIpc) is 2.38. The summed E-state index contributed by atoms with van der Waals surface area (Å²) in [4.78, 5) is 0. The summed E-state index contributed by atoms with van der Waals surface area (Å²) in [5.41, 5.74) is 7.94. The molecule has 1 nitrogen and oxygen atoms in total. The Morgan fingerprint density at radius 3 is 2.16 bits per heavy atom. The van der Waals surface area contributed by atoms with Gasteiger partial charge in [-0.2, -0.15) is 0 Å². The van der Waals surface area contributed by atoms with Crippen LogP contribution in [0.1, 0.15) is 36.5 Å². The molecule has 0 aliphatic carbocycles. The Labute approximate surface area is 116 Å². The topological polar surface area (TPSA) is 12.0 Å². The third-order valence-electron chi connectivity index (χ3n) is 3.63. The van der Waals surface area contributed by atoms with E-state index in [-0.39, 0.29) is 0 Å².